The molecule has 7 nitrogen and oxygen atoms in total. The first-order chi connectivity index (χ1) is 12.5. The first-order valence-corrected chi connectivity index (χ1v) is 10.4. The zero-order valence-electron chi connectivity index (χ0n) is 13.9. The Labute approximate surface area is 155 Å². The fourth-order valence-corrected chi connectivity index (χ4v) is 4.06. The van der Waals surface area contributed by atoms with E-state index in [4.69, 9.17) is 4.42 Å². The number of anilines is 2. The number of thiazole rings is 1. The predicted molar refractivity (Wildman–Crippen MR) is 102 cm³/mol. The Balaban J connectivity index is 1.65. The van der Waals surface area contributed by atoms with Gasteiger partial charge in [0, 0.05) is 16.6 Å². The van der Waals surface area contributed by atoms with Crippen molar-refractivity contribution in [1.29, 1.82) is 0 Å². The lowest BCUT2D eigenvalue weighted by Gasteiger charge is -2.07. The SMILES string of the molecule is CCCS(=O)(=O)Nc1ccc(C(=O)Nc2nc(-c3ccco3)cs2)cc1. The summed E-state index contributed by atoms with van der Waals surface area (Å²) in [5.74, 6) is 0.357. The van der Waals surface area contributed by atoms with Crippen LogP contribution in [0.4, 0.5) is 10.8 Å². The highest BCUT2D eigenvalue weighted by Crippen LogP contribution is 2.25. The van der Waals surface area contributed by atoms with Gasteiger partial charge in [-0.2, -0.15) is 0 Å². The first-order valence-electron chi connectivity index (χ1n) is 7.88. The standard InChI is InChI=1S/C17H17N3O4S2/c1-2-10-26(22,23)20-13-7-5-12(6-8-13)16(21)19-17-18-14(11-25-17)15-4-3-9-24-15/h3-9,11,20H,2,10H2,1H3,(H,18,19,21). The Morgan fingerprint density at radius 2 is 2.00 bits per heavy atom. The minimum Gasteiger partial charge on any atom is -0.463 e. The Bertz CT molecular complexity index is 977. The smallest absolute Gasteiger partial charge is 0.257 e. The fourth-order valence-electron chi connectivity index (χ4n) is 2.23. The quantitative estimate of drug-likeness (QED) is 0.638. The summed E-state index contributed by atoms with van der Waals surface area (Å²) in [7, 11) is -3.35. The number of rotatable bonds is 7. The minimum absolute atomic E-state index is 0.0529. The van der Waals surface area contributed by atoms with Gasteiger partial charge in [-0.15, -0.1) is 11.3 Å². The lowest BCUT2D eigenvalue weighted by Crippen LogP contribution is -2.16. The normalized spacial score (nSPS) is 11.3. The molecule has 0 saturated carbocycles. The van der Waals surface area contributed by atoms with Gasteiger partial charge in [-0.1, -0.05) is 6.92 Å². The van der Waals surface area contributed by atoms with E-state index in [1.807, 2.05) is 0 Å². The summed E-state index contributed by atoms with van der Waals surface area (Å²) >= 11 is 1.29. The van der Waals surface area contributed by atoms with Crippen molar-refractivity contribution in [3.63, 3.8) is 0 Å². The third-order valence-electron chi connectivity index (χ3n) is 3.39. The van der Waals surface area contributed by atoms with Crippen LogP contribution in [0.25, 0.3) is 11.5 Å². The number of nitrogens with one attached hydrogen (secondary N) is 2. The van der Waals surface area contributed by atoms with Crippen LogP contribution in [-0.4, -0.2) is 25.1 Å². The predicted octanol–water partition coefficient (Wildman–Crippen LogP) is 3.81. The average molecular weight is 391 g/mol. The number of hydrogen-bond acceptors (Lipinski definition) is 6. The fraction of sp³-hybridized carbons (Fsp3) is 0.176. The van der Waals surface area contributed by atoms with E-state index in [-0.39, 0.29) is 11.7 Å². The molecule has 0 fully saturated rings. The summed E-state index contributed by atoms with van der Waals surface area (Å²) in [5.41, 5.74) is 1.47. The van der Waals surface area contributed by atoms with Crippen molar-refractivity contribution < 1.29 is 17.6 Å². The molecule has 0 aliphatic rings. The van der Waals surface area contributed by atoms with Gasteiger partial charge in [-0.3, -0.25) is 14.8 Å². The molecule has 0 atom stereocenters. The maximum atomic E-state index is 12.3. The van der Waals surface area contributed by atoms with Crippen LogP contribution in [-0.2, 0) is 10.0 Å². The zero-order chi connectivity index (χ0) is 18.6. The minimum atomic E-state index is -3.35. The second-order valence-corrected chi connectivity index (χ2v) is 8.17. The number of benzene rings is 1. The Morgan fingerprint density at radius 1 is 1.23 bits per heavy atom. The molecule has 136 valence electrons. The Morgan fingerprint density at radius 3 is 2.65 bits per heavy atom. The van der Waals surface area contributed by atoms with E-state index in [1.54, 1.807) is 55.0 Å². The van der Waals surface area contributed by atoms with E-state index in [0.29, 0.717) is 34.3 Å². The van der Waals surface area contributed by atoms with Crippen LogP contribution < -0.4 is 10.0 Å². The number of aromatic nitrogens is 1. The van der Waals surface area contributed by atoms with Gasteiger partial charge < -0.3 is 4.42 Å². The molecular formula is C17H17N3O4S2. The van der Waals surface area contributed by atoms with Crippen molar-refractivity contribution in [1.82, 2.24) is 4.98 Å². The maximum absolute atomic E-state index is 12.3. The van der Waals surface area contributed by atoms with E-state index in [9.17, 15) is 13.2 Å². The highest BCUT2D eigenvalue weighted by molar-refractivity contribution is 7.92. The highest BCUT2D eigenvalue weighted by atomic mass is 32.2. The summed E-state index contributed by atoms with van der Waals surface area (Å²) in [4.78, 5) is 16.6. The van der Waals surface area contributed by atoms with Crippen LogP contribution in [0.3, 0.4) is 0 Å². The summed E-state index contributed by atoms with van der Waals surface area (Å²) in [6.45, 7) is 1.79. The maximum Gasteiger partial charge on any atom is 0.257 e. The monoisotopic (exact) mass is 391 g/mol. The largest absolute Gasteiger partial charge is 0.463 e. The van der Waals surface area contributed by atoms with Crippen LogP contribution in [0.2, 0.25) is 0 Å². The Hall–Kier alpha value is -2.65. The van der Waals surface area contributed by atoms with E-state index < -0.39 is 10.0 Å². The van der Waals surface area contributed by atoms with E-state index in [2.05, 4.69) is 15.0 Å². The van der Waals surface area contributed by atoms with Crippen molar-refractivity contribution in [3.05, 3.63) is 53.6 Å². The average Bonchev–Trinajstić information content (AvgIpc) is 3.26. The lowest BCUT2D eigenvalue weighted by molar-refractivity contribution is 0.102. The van der Waals surface area contributed by atoms with Crippen molar-refractivity contribution in [2.45, 2.75) is 13.3 Å². The van der Waals surface area contributed by atoms with Gasteiger partial charge in [0.2, 0.25) is 10.0 Å². The second-order valence-electron chi connectivity index (χ2n) is 5.47. The van der Waals surface area contributed by atoms with E-state index >= 15 is 0 Å². The summed E-state index contributed by atoms with van der Waals surface area (Å²) in [5, 5.41) is 4.96. The molecule has 2 heterocycles. The Kier molecular flexibility index (Phi) is 5.38. The van der Waals surface area contributed by atoms with Crippen LogP contribution in [0.1, 0.15) is 23.7 Å². The molecule has 2 aromatic heterocycles. The molecule has 1 amide bonds. The number of carbonyl (C=O) groups excluding carboxylic acids is 1. The molecule has 26 heavy (non-hydrogen) atoms. The molecule has 0 radical (unpaired) electrons. The molecule has 3 rings (SSSR count). The summed E-state index contributed by atoms with van der Waals surface area (Å²) in [6, 6.07) is 9.78. The van der Waals surface area contributed by atoms with Crippen LogP contribution >= 0.6 is 11.3 Å². The van der Waals surface area contributed by atoms with Crippen molar-refractivity contribution in [3.8, 4) is 11.5 Å². The molecule has 0 unspecified atom stereocenters. The van der Waals surface area contributed by atoms with Crippen molar-refractivity contribution in [2.24, 2.45) is 0 Å². The number of hydrogen-bond donors (Lipinski definition) is 2. The number of carbonyl (C=O) groups is 1. The molecule has 0 aliphatic heterocycles. The molecule has 0 aliphatic carbocycles. The number of nitrogens with zero attached hydrogens (tertiary/aromatic N) is 1. The molecule has 2 N–H and O–H groups in total. The lowest BCUT2D eigenvalue weighted by atomic mass is 10.2. The van der Waals surface area contributed by atoms with Crippen LogP contribution in [0.15, 0.2) is 52.5 Å². The molecule has 1 aromatic carbocycles. The van der Waals surface area contributed by atoms with Crippen LogP contribution in [0.5, 0.6) is 0 Å². The summed E-state index contributed by atoms with van der Waals surface area (Å²) < 4.78 is 31.3. The van der Waals surface area contributed by atoms with Gasteiger partial charge in [0.25, 0.3) is 5.91 Å². The highest BCUT2D eigenvalue weighted by Gasteiger charge is 2.12. The van der Waals surface area contributed by atoms with Crippen molar-refractivity contribution in [2.75, 3.05) is 15.8 Å². The molecular weight excluding hydrogens is 374 g/mol. The second kappa shape index (κ2) is 7.71. The topological polar surface area (TPSA) is 101 Å². The molecule has 3 aromatic rings. The van der Waals surface area contributed by atoms with Gasteiger partial charge in [0.1, 0.15) is 5.69 Å². The van der Waals surface area contributed by atoms with Crippen molar-refractivity contribution >= 4 is 38.1 Å². The molecule has 0 saturated heterocycles. The number of furan rings is 1. The zero-order valence-corrected chi connectivity index (χ0v) is 15.6. The summed E-state index contributed by atoms with van der Waals surface area (Å²) in [6.07, 6.45) is 2.09. The van der Waals surface area contributed by atoms with Gasteiger partial charge in [0.05, 0.1) is 12.0 Å². The van der Waals surface area contributed by atoms with Crippen LogP contribution in [0, 0.1) is 0 Å². The van der Waals surface area contributed by atoms with Gasteiger partial charge in [-0.25, -0.2) is 13.4 Å². The first kappa shape index (κ1) is 18.2. The number of amides is 1. The third kappa shape index (κ3) is 4.50. The van der Waals surface area contributed by atoms with E-state index in [1.165, 1.54) is 11.3 Å². The van der Waals surface area contributed by atoms with Gasteiger partial charge >= 0.3 is 0 Å². The third-order valence-corrected chi connectivity index (χ3v) is 5.64. The van der Waals surface area contributed by atoms with E-state index in [0.717, 1.165) is 0 Å². The van der Waals surface area contributed by atoms with Gasteiger partial charge in [-0.05, 0) is 42.8 Å². The molecule has 0 bridgehead atoms. The number of sulfonamides is 1. The molecule has 9 heteroatoms. The van der Waals surface area contributed by atoms with Gasteiger partial charge in [0.15, 0.2) is 10.9 Å². The molecule has 0 spiro atoms.